The molecule has 0 saturated heterocycles. The molecule has 2 aromatic rings. The number of hydrogen-bond donors (Lipinski definition) is 2. The van der Waals surface area contributed by atoms with Gasteiger partial charge >= 0.3 is 6.18 Å². The first kappa shape index (κ1) is 23.7. The van der Waals surface area contributed by atoms with Gasteiger partial charge in [-0.25, -0.2) is 10.2 Å². The molecule has 3 rings (SSSR count). The molecule has 1 aliphatic heterocycles. The zero-order valence-electron chi connectivity index (χ0n) is 16.8. The second-order valence-electron chi connectivity index (χ2n) is 6.99. The van der Waals surface area contributed by atoms with E-state index in [1.165, 1.54) is 16.0 Å². The van der Waals surface area contributed by atoms with E-state index in [0.717, 1.165) is 12.1 Å². The maximum Gasteiger partial charge on any atom is 0.417 e. The Bertz CT molecular complexity index is 1030. The van der Waals surface area contributed by atoms with Gasteiger partial charge in [0.15, 0.2) is 0 Å². The fraction of sp³-hybridized carbons (Fsp3) is 0.286. The molecule has 0 aliphatic carbocycles. The van der Waals surface area contributed by atoms with E-state index in [0.29, 0.717) is 17.1 Å². The SMILES string of the molecule is NC1=C(N(N)c2ccccc2OCCF)CCN(C(=O)c2cccc(C(F)(F)F)c2Cl)C1. The normalized spacial score (nSPS) is 14.5. The lowest BCUT2D eigenvalue weighted by atomic mass is 10.1. The van der Waals surface area contributed by atoms with Gasteiger partial charge in [0.1, 0.15) is 19.0 Å². The van der Waals surface area contributed by atoms with Crippen LogP contribution in [0.5, 0.6) is 5.75 Å². The molecule has 0 radical (unpaired) electrons. The Morgan fingerprint density at radius 3 is 2.56 bits per heavy atom. The number of hydrogen-bond acceptors (Lipinski definition) is 5. The van der Waals surface area contributed by atoms with E-state index in [9.17, 15) is 22.4 Å². The number of halogens is 5. The highest BCUT2D eigenvalue weighted by molar-refractivity contribution is 6.34. The zero-order chi connectivity index (χ0) is 23.5. The highest BCUT2D eigenvalue weighted by Crippen LogP contribution is 2.37. The highest BCUT2D eigenvalue weighted by atomic mass is 35.5. The van der Waals surface area contributed by atoms with Crippen LogP contribution in [0, 0.1) is 0 Å². The number of nitrogens with zero attached hydrogens (tertiary/aromatic N) is 2. The lowest BCUT2D eigenvalue weighted by Crippen LogP contribution is -2.44. The number of hydrazine groups is 1. The van der Waals surface area contributed by atoms with Crippen LogP contribution in [0.15, 0.2) is 53.9 Å². The number of rotatable bonds is 6. The number of nitrogens with two attached hydrogens (primary N) is 2. The Kier molecular flexibility index (Phi) is 7.15. The third-order valence-corrected chi connectivity index (χ3v) is 5.33. The molecule has 6 nitrogen and oxygen atoms in total. The quantitative estimate of drug-likeness (QED) is 0.375. The molecule has 32 heavy (non-hydrogen) atoms. The summed E-state index contributed by atoms with van der Waals surface area (Å²) in [7, 11) is 0. The molecule has 1 heterocycles. The van der Waals surface area contributed by atoms with Crippen LogP contribution in [0.25, 0.3) is 0 Å². The predicted molar refractivity (Wildman–Crippen MR) is 113 cm³/mol. The van der Waals surface area contributed by atoms with Crippen molar-refractivity contribution < 1.29 is 27.1 Å². The van der Waals surface area contributed by atoms with Crippen LogP contribution in [-0.4, -0.2) is 37.2 Å². The van der Waals surface area contributed by atoms with E-state index in [2.05, 4.69) is 0 Å². The van der Waals surface area contributed by atoms with Gasteiger partial charge in [0.2, 0.25) is 0 Å². The van der Waals surface area contributed by atoms with Gasteiger partial charge in [0.05, 0.1) is 34.1 Å². The number of benzene rings is 2. The first-order chi connectivity index (χ1) is 15.1. The molecule has 0 saturated carbocycles. The van der Waals surface area contributed by atoms with Gasteiger partial charge in [-0.2, -0.15) is 13.2 Å². The average Bonchev–Trinajstić information content (AvgIpc) is 2.76. The molecule has 4 N–H and O–H groups in total. The Morgan fingerprint density at radius 2 is 1.91 bits per heavy atom. The second kappa shape index (κ2) is 9.66. The Morgan fingerprint density at radius 1 is 1.19 bits per heavy atom. The van der Waals surface area contributed by atoms with Gasteiger partial charge in [-0.1, -0.05) is 29.8 Å². The van der Waals surface area contributed by atoms with Crippen molar-refractivity contribution in [2.45, 2.75) is 12.6 Å². The maximum atomic E-state index is 13.1. The molecule has 0 unspecified atom stereocenters. The fourth-order valence-electron chi connectivity index (χ4n) is 3.38. The predicted octanol–water partition coefficient (Wildman–Crippen LogP) is 4.10. The van der Waals surface area contributed by atoms with E-state index in [1.54, 1.807) is 24.3 Å². The summed E-state index contributed by atoms with van der Waals surface area (Å²) < 4.78 is 57.2. The van der Waals surface area contributed by atoms with Crippen LogP contribution in [0.3, 0.4) is 0 Å². The Labute approximate surface area is 186 Å². The van der Waals surface area contributed by atoms with Crippen LogP contribution >= 0.6 is 11.6 Å². The number of alkyl halides is 4. The van der Waals surface area contributed by atoms with Crippen molar-refractivity contribution in [1.29, 1.82) is 0 Å². The van der Waals surface area contributed by atoms with E-state index in [1.807, 2.05) is 0 Å². The van der Waals surface area contributed by atoms with Crippen LogP contribution in [-0.2, 0) is 6.18 Å². The summed E-state index contributed by atoms with van der Waals surface area (Å²) in [5, 5.41) is 0.653. The minimum absolute atomic E-state index is 0.0536. The average molecular weight is 473 g/mol. The summed E-state index contributed by atoms with van der Waals surface area (Å²) in [6.45, 7) is -0.705. The van der Waals surface area contributed by atoms with Crippen molar-refractivity contribution in [3.63, 3.8) is 0 Å². The Balaban J connectivity index is 1.82. The number of para-hydroxylation sites is 2. The first-order valence-corrected chi connectivity index (χ1v) is 9.98. The van der Waals surface area contributed by atoms with Gasteiger partial charge in [0, 0.05) is 18.7 Å². The van der Waals surface area contributed by atoms with Crippen LogP contribution in [0.1, 0.15) is 22.3 Å². The molecule has 11 heteroatoms. The van der Waals surface area contributed by atoms with Gasteiger partial charge in [-0.3, -0.25) is 9.80 Å². The van der Waals surface area contributed by atoms with E-state index in [-0.39, 0.29) is 37.4 Å². The minimum Gasteiger partial charge on any atom is -0.489 e. The van der Waals surface area contributed by atoms with Gasteiger partial charge in [-0.15, -0.1) is 0 Å². The number of amides is 1. The van der Waals surface area contributed by atoms with Crippen molar-refractivity contribution in [2.75, 3.05) is 31.4 Å². The molecule has 1 amide bonds. The number of carbonyl (C=O) groups is 1. The van der Waals surface area contributed by atoms with Crippen molar-refractivity contribution >= 4 is 23.2 Å². The summed E-state index contributed by atoms with van der Waals surface area (Å²) in [5.41, 5.74) is 6.06. The molecule has 0 fully saturated rings. The molecular weight excluding hydrogens is 452 g/mol. The first-order valence-electron chi connectivity index (χ1n) is 9.60. The van der Waals surface area contributed by atoms with Crippen LogP contribution in [0.4, 0.5) is 23.2 Å². The number of anilines is 1. The van der Waals surface area contributed by atoms with Gasteiger partial charge in [-0.05, 0) is 24.3 Å². The maximum absolute atomic E-state index is 13.1. The van der Waals surface area contributed by atoms with E-state index < -0.39 is 29.3 Å². The smallest absolute Gasteiger partial charge is 0.417 e. The number of ether oxygens (including phenoxy) is 1. The third kappa shape index (κ3) is 4.91. The molecule has 0 aromatic heterocycles. The Hall–Kier alpha value is -2.98. The van der Waals surface area contributed by atoms with Crippen molar-refractivity contribution in [1.82, 2.24) is 4.90 Å². The molecule has 2 aromatic carbocycles. The van der Waals surface area contributed by atoms with Gasteiger partial charge < -0.3 is 15.4 Å². The lowest BCUT2D eigenvalue weighted by Gasteiger charge is -2.34. The van der Waals surface area contributed by atoms with Gasteiger partial charge in [0.25, 0.3) is 5.91 Å². The molecule has 1 aliphatic rings. The molecule has 0 spiro atoms. The summed E-state index contributed by atoms with van der Waals surface area (Å²) in [6.07, 6.45) is -4.44. The summed E-state index contributed by atoms with van der Waals surface area (Å²) in [6, 6.07) is 9.93. The van der Waals surface area contributed by atoms with Crippen LogP contribution in [0.2, 0.25) is 5.02 Å². The molecule has 172 valence electrons. The third-order valence-electron chi connectivity index (χ3n) is 4.92. The second-order valence-corrected chi connectivity index (χ2v) is 7.37. The van der Waals surface area contributed by atoms with E-state index >= 15 is 0 Å². The highest BCUT2D eigenvalue weighted by Gasteiger charge is 2.36. The summed E-state index contributed by atoms with van der Waals surface area (Å²) in [5.74, 6) is 5.92. The molecule has 0 atom stereocenters. The summed E-state index contributed by atoms with van der Waals surface area (Å²) >= 11 is 5.88. The fourth-order valence-corrected chi connectivity index (χ4v) is 3.70. The minimum atomic E-state index is -4.68. The van der Waals surface area contributed by atoms with Crippen molar-refractivity contribution in [3.05, 3.63) is 70.0 Å². The summed E-state index contributed by atoms with van der Waals surface area (Å²) in [4.78, 5) is 14.2. The van der Waals surface area contributed by atoms with Crippen molar-refractivity contribution in [3.8, 4) is 5.75 Å². The molecular formula is C21H21ClF4N4O2. The topological polar surface area (TPSA) is 84.8 Å². The van der Waals surface area contributed by atoms with E-state index in [4.69, 9.17) is 27.9 Å². The molecule has 0 bridgehead atoms. The lowest BCUT2D eigenvalue weighted by molar-refractivity contribution is -0.137. The standard InChI is InChI=1S/C21H21ClF4N4O2/c22-19-13(4-3-5-14(19)21(24,25)26)20(31)29-10-8-16(15(27)12-29)30(28)17-6-1-2-7-18(17)32-11-9-23/h1-7H,8-12,27-28H2. The van der Waals surface area contributed by atoms with Crippen molar-refractivity contribution in [2.24, 2.45) is 11.6 Å². The number of carbonyl (C=O) groups excluding carboxylic acids is 1. The largest absolute Gasteiger partial charge is 0.489 e. The van der Waals surface area contributed by atoms with Crippen LogP contribution < -0.4 is 21.3 Å². The monoisotopic (exact) mass is 472 g/mol. The zero-order valence-corrected chi connectivity index (χ0v) is 17.6.